The number of piperidine rings is 1. The van der Waals surface area contributed by atoms with E-state index in [1.54, 1.807) is 23.2 Å². The van der Waals surface area contributed by atoms with Gasteiger partial charge < -0.3 is 25.8 Å². The van der Waals surface area contributed by atoms with Crippen molar-refractivity contribution in [1.29, 1.82) is 0 Å². The van der Waals surface area contributed by atoms with Crippen molar-refractivity contribution in [3.05, 3.63) is 75.9 Å². The summed E-state index contributed by atoms with van der Waals surface area (Å²) in [4.78, 5) is 43.4. The minimum atomic E-state index is -1.22. The van der Waals surface area contributed by atoms with Crippen LogP contribution in [0.1, 0.15) is 30.9 Å². The lowest BCUT2D eigenvalue weighted by Gasteiger charge is -2.40. The molecule has 1 fully saturated rings. The molecule has 1 aliphatic heterocycles. The molecule has 2 aromatic carbocycles. The van der Waals surface area contributed by atoms with Crippen LogP contribution in [-0.2, 0) is 16.0 Å². The fraction of sp³-hybridized carbons (Fsp3) is 0.321. The maximum absolute atomic E-state index is 13.7. The summed E-state index contributed by atoms with van der Waals surface area (Å²) in [6, 6.07) is 8.65. The second-order valence-corrected chi connectivity index (χ2v) is 10.3. The fourth-order valence-corrected chi connectivity index (χ4v) is 5.06. The Bertz CT molecular complexity index is 1400. The number of H-pyrrole nitrogens is 1. The second kappa shape index (κ2) is 12.4. The fourth-order valence-electron chi connectivity index (χ4n) is 4.67. The summed E-state index contributed by atoms with van der Waals surface area (Å²) in [6.45, 7) is 3.17. The summed E-state index contributed by atoms with van der Waals surface area (Å²) in [5.74, 6) is -1.59. The highest BCUT2D eigenvalue weighted by Gasteiger charge is 2.43. The first-order valence-corrected chi connectivity index (χ1v) is 13.5. The van der Waals surface area contributed by atoms with Gasteiger partial charge in [0.2, 0.25) is 11.8 Å². The predicted molar refractivity (Wildman–Crippen MR) is 149 cm³/mol. The van der Waals surface area contributed by atoms with Gasteiger partial charge in [0.15, 0.2) is 0 Å². The molecule has 4 amide bonds. The number of likely N-dealkylation sites (tertiary alicyclic amines) is 1. The van der Waals surface area contributed by atoms with Crippen LogP contribution in [0.3, 0.4) is 0 Å². The Morgan fingerprint density at radius 3 is 2.59 bits per heavy atom. The Balaban J connectivity index is 1.45. The number of amides is 4. The van der Waals surface area contributed by atoms with Gasteiger partial charge in [-0.2, -0.15) is 0 Å². The average molecular weight is 602 g/mol. The number of rotatable bonds is 8. The third-order valence-corrected chi connectivity index (χ3v) is 7.42. The van der Waals surface area contributed by atoms with Crippen LogP contribution in [-0.4, -0.2) is 59.4 Å². The topological polar surface area (TPSA) is 106 Å². The van der Waals surface area contributed by atoms with Gasteiger partial charge in [0.1, 0.15) is 17.2 Å². The maximum atomic E-state index is 13.7. The van der Waals surface area contributed by atoms with E-state index in [-0.39, 0.29) is 54.7 Å². The first-order chi connectivity index (χ1) is 18.7. The van der Waals surface area contributed by atoms with E-state index in [9.17, 15) is 23.2 Å². The van der Waals surface area contributed by atoms with E-state index >= 15 is 0 Å². The molecule has 11 heteroatoms. The monoisotopic (exact) mass is 601 g/mol. The van der Waals surface area contributed by atoms with E-state index in [2.05, 4.69) is 36.9 Å². The van der Waals surface area contributed by atoms with Crippen LogP contribution < -0.4 is 16.0 Å². The summed E-state index contributed by atoms with van der Waals surface area (Å²) >= 11 is 3.12. The van der Waals surface area contributed by atoms with Gasteiger partial charge in [-0.1, -0.05) is 6.07 Å². The van der Waals surface area contributed by atoms with Gasteiger partial charge in [0.25, 0.3) is 0 Å². The summed E-state index contributed by atoms with van der Waals surface area (Å²) in [5, 5.41) is 9.29. The highest BCUT2D eigenvalue weighted by Crippen LogP contribution is 2.24. The molecule has 1 aromatic heterocycles. The molecule has 4 N–H and O–H groups in total. The number of fused-ring (bicyclic) bond motifs is 1. The van der Waals surface area contributed by atoms with E-state index in [1.807, 2.05) is 6.92 Å². The summed E-state index contributed by atoms with van der Waals surface area (Å²) in [5.41, 5.74) is 1.06. The van der Waals surface area contributed by atoms with Crippen molar-refractivity contribution < 1.29 is 23.2 Å². The summed E-state index contributed by atoms with van der Waals surface area (Å²) in [6.07, 6.45) is 5.54. The molecule has 0 atom stereocenters. The largest absolute Gasteiger partial charge is 0.361 e. The Kier molecular flexibility index (Phi) is 9.01. The number of aromatic amines is 1. The van der Waals surface area contributed by atoms with E-state index < -0.39 is 17.3 Å². The van der Waals surface area contributed by atoms with E-state index in [0.717, 1.165) is 16.5 Å². The van der Waals surface area contributed by atoms with Crippen LogP contribution in [0, 0.1) is 11.6 Å². The van der Waals surface area contributed by atoms with Crippen molar-refractivity contribution in [2.75, 3.05) is 26.2 Å². The third-order valence-electron chi connectivity index (χ3n) is 6.81. The molecule has 3 aromatic rings. The predicted octanol–water partition coefficient (Wildman–Crippen LogP) is 4.26. The molecule has 8 nitrogen and oxygen atoms in total. The van der Waals surface area contributed by atoms with Gasteiger partial charge in [0, 0.05) is 49.4 Å². The van der Waals surface area contributed by atoms with Crippen LogP contribution in [0.25, 0.3) is 17.0 Å². The van der Waals surface area contributed by atoms with Crippen molar-refractivity contribution >= 4 is 50.8 Å². The number of hydrogen-bond donors (Lipinski definition) is 4. The molecule has 0 radical (unpaired) electrons. The number of aromatic nitrogens is 1. The molecule has 0 unspecified atom stereocenters. The van der Waals surface area contributed by atoms with Crippen molar-refractivity contribution in [1.82, 2.24) is 25.8 Å². The van der Waals surface area contributed by atoms with Gasteiger partial charge in [0.05, 0.1) is 4.47 Å². The zero-order valence-electron chi connectivity index (χ0n) is 21.5. The number of nitrogens with one attached hydrogen (secondary N) is 4. The van der Waals surface area contributed by atoms with Crippen LogP contribution >= 0.6 is 15.9 Å². The van der Waals surface area contributed by atoms with Crippen LogP contribution in [0.15, 0.2) is 53.1 Å². The van der Waals surface area contributed by atoms with Gasteiger partial charge in [-0.05, 0) is 89.7 Å². The van der Waals surface area contributed by atoms with Gasteiger partial charge in [-0.3, -0.25) is 9.59 Å². The lowest BCUT2D eigenvalue weighted by molar-refractivity contribution is -0.133. The molecular formula is C28H30BrF2N5O3. The van der Waals surface area contributed by atoms with Crippen LogP contribution in [0.2, 0.25) is 0 Å². The molecule has 206 valence electrons. The highest BCUT2D eigenvalue weighted by atomic mass is 79.9. The summed E-state index contributed by atoms with van der Waals surface area (Å²) < 4.78 is 27.5. The lowest BCUT2D eigenvalue weighted by atomic mass is 9.86. The zero-order valence-corrected chi connectivity index (χ0v) is 23.0. The van der Waals surface area contributed by atoms with E-state index in [0.29, 0.717) is 18.5 Å². The average Bonchev–Trinajstić information content (AvgIpc) is 3.31. The normalized spacial score (nSPS) is 14.9. The Morgan fingerprint density at radius 1 is 1.10 bits per heavy atom. The minimum absolute atomic E-state index is 0.216. The number of carbonyl (C=O) groups is 3. The molecular weight excluding hydrogens is 572 g/mol. The smallest absolute Gasteiger partial charge is 0.317 e. The number of nitrogens with zero attached hydrogens (tertiary/aromatic N) is 1. The Hall–Kier alpha value is -3.73. The molecule has 1 saturated heterocycles. The number of halogens is 3. The van der Waals surface area contributed by atoms with Crippen LogP contribution in [0.5, 0.6) is 0 Å². The number of urea groups is 1. The molecule has 2 heterocycles. The second-order valence-electron chi connectivity index (χ2n) is 9.41. The molecule has 0 aliphatic carbocycles. The third kappa shape index (κ3) is 6.83. The quantitative estimate of drug-likeness (QED) is 0.290. The SMILES string of the molecule is CCNC(=O)N1CCC(NC(=O)C=Cc2ccc(F)c(Br)c2)(C(=O)NCCc2c[nH]c3ccc(F)cc23)CC1. The molecule has 4 rings (SSSR count). The van der Waals surface area contributed by atoms with Gasteiger partial charge in [-0.15, -0.1) is 0 Å². The molecule has 0 bridgehead atoms. The first kappa shape index (κ1) is 28.3. The molecule has 0 saturated carbocycles. The Labute approximate surface area is 233 Å². The number of benzene rings is 2. The zero-order chi connectivity index (χ0) is 28.0. The van der Waals surface area contributed by atoms with Gasteiger partial charge >= 0.3 is 6.03 Å². The molecule has 0 spiro atoms. The number of hydrogen-bond acceptors (Lipinski definition) is 3. The lowest BCUT2D eigenvalue weighted by Crippen LogP contribution is -2.64. The molecule has 39 heavy (non-hydrogen) atoms. The van der Waals surface area contributed by atoms with Crippen molar-refractivity contribution in [2.45, 2.75) is 31.7 Å². The molecule has 1 aliphatic rings. The maximum Gasteiger partial charge on any atom is 0.317 e. The van der Waals surface area contributed by atoms with Crippen LogP contribution in [0.4, 0.5) is 13.6 Å². The first-order valence-electron chi connectivity index (χ1n) is 12.7. The van der Waals surface area contributed by atoms with Gasteiger partial charge in [-0.25, -0.2) is 13.6 Å². The minimum Gasteiger partial charge on any atom is -0.361 e. The van der Waals surface area contributed by atoms with Crippen molar-refractivity contribution in [2.24, 2.45) is 0 Å². The summed E-state index contributed by atoms with van der Waals surface area (Å²) in [7, 11) is 0. The van der Waals surface area contributed by atoms with Crippen molar-refractivity contribution in [3.63, 3.8) is 0 Å². The van der Waals surface area contributed by atoms with Crippen molar-refractivity contribution in [3.8, 4) is 0 Å². The van der Waals surface area contributed by atoms with E-state index in [4.69, 9.17) is 0 Å². The number of carbonyl (C=O) groups excluding carboxylic acids is 3. The van der Waals surface area contributed by atoms with E-state index in [1.165, 1.54) is 36.4 Å². The standard InChI is InChI=1S/C28H30BrF2N5O3/c1-2-32-27(39)36-13-10-28(11-14-36,35-25(37)8-4-18-3-6-23(31)22(29)15-18)26(38)33-12-9-19-17-34-24-7-5-20(30)16-21(19)24/h3-8,15-17,34H,2,9-14H2,1H3,(H,32,39)(H,33,38)(H,35,37). The highest BCUT2D eigenvalue weighted by molar-refractivity contribution is 9.10. The Morgan fingerprint density at radius 2 is 1.87 bits per heavy atom.